The Morgan fingerprint density at radius 3 is 2.69 bits per heavy atom. The van der Waals surface area contributed by atoms with Crippen LogP contribution in [0.15, 0.2) is 47.6 Å². The van der Waals surface area contributed by atoms with Crippen molar-refractivity contribution in [1.29, 1.82) is 0 Å². The third kappa shape index (κ3) is 7.11. The van der Waals surface area contributed by atoms with Gasteiger partial charge in [-0.2, -0.15) is 13.2 Å². The quantitative estimate of drug-likeness (QED) is 0.483. The summed E-state index contributed by atoms with van der Waals surface area (Å²) < 4.78 is 56.0. The molecule has 36 heavy (non-hydrogen) atoms. The predicted molar refractivity (Wildman–Crippen MR) is 127 cm³/mol. The first-order chi connectivity index (χ1) is 17.2. The maximum absolute atomic E-state index is 13.2. The number of ether oxygens (including phenoxy) is 3. The molecule has 2 aliphatic rings. The molecule has 2 aromatic carbocycles. The van der Waals surface area contributed by atoms with Gasteiger partial charge in [0.05, 0.1) is 24.0 Å². The summed E-state index contributed by atoms with van der Waals surface area (Å²) in [6.07, 6.45) is -5.03. The second-order valence-electron chi connectivity index (χ2n) is 9.51. The standard InChI is InChI=1S/C26H31F3N2O5/c1-17(2)14-33-15-21(32)12-31(11-18-4-3-5-20(8-18)26(27,28)29)13-22-10-23(30-36-22)19-6-7-24-25(9-19)35-16-34-24/h3-9,17,21-22,32H,10-16H2,1-2H3. The predicted octanol–water partition coefficient (Wildman–Crippen LogP) is 4.46. The van der Waals surface area contributed by atoms with E-state index in [0.717, 1.165) is 23.4 Å². The van der Waals surface area contributed by atoms with Crippen LogP contribution in [-0.2, 0) is 22.3 Å². The normalized spacial score (nSPS) is 18.0. The first kappa shape index (κ1) is 26.2. The zero-order chi connectivity index (χ0) is 25.7. The highest BCUT2D eigenvalue weighted by molar-refractivity contribution is 6.01. The van der Waals surface area contributed by atoms with Crippen LogP contribution in [-0.4, -0.2) is 61.0 Å². The molecule has 0 fully saturated rings. The molecule has 0 spiro atoms. The van der Waals surface area contributed by atoms with Crippen molar-refractivity contribution in [3.8, 4) is 11.5 Å². The maximum atomic E-state index is 13.2. The van der Waals surface area contributed by atoms with Crippen LogP contribution in [0.3, 0.4) is 0 Å². The van der Waals surface area contributed by atoms with Crippen LogP contribution in [0.1, 0.15) is 37.0 Å². The molecule has 2 aliphatic heterocycles. The molecule has 7 nitrogen and oxygen atoms in total. The molecule has 1 N–H and O–H groups in total. The monoisotopic (exact) mass is 508 g/mol. The lowest BCUT2D eigenvalue weighted by atomic mass is 10.0. The van der Waals surface area contributed by atoms with Crippen LogP contribution in [0, 0.1) is 5.92 Å². The molecule has 0 saturated carbocycles. The lowest BCUT2D eigenvalue weighted by Crippen LogP contribution is -2.39. The van der Waals surface area contributed by atoms with Gasteiger partial charge < -0.3 is 24.2 Å². The highest BCUT2D eigenvalue weighted by Gasteiger charge is 2.31. The fraction of sp³-hybridized carbons (Fsp3) is 0.500. The molecule has 2 unspecified atom stereocenters. The summed E-state index contributed by atoms with van der Waals surface area (Å²) in [6.45, 7) is 5.67. The zero-order valence-corrected chi connectivity index (χ0v) is 20.3. The van der Waals surface area contributed by atoms with Crippen molar-refractivity contribution in [2.24, 2.45) is 11.1 Å². The van der Waals surface area contributed by atoms with Gasteiger partial charge in [-0.05, 0) is 35.7 Å². The minimum Gasteiger partial charge on any atom is -0.454 e. The van der Waals surface area contributed by atoms with E-state index in [-0.39, 0.29) is 32.6 Å². The number of halogens is 3. The molecule has 4 rings (SSSR count). The topological polar surface area (TPSA) is 72.8 Å². The Labute approximate surface area is 208 Å². The molecule has 0 radical (unpaired) electrons. The molecule has 196 valence electrons. The average molecular weight is 509 g/mol. The van der Waals surface area contributed by atoms with Gasteiger partial charge in [-0.3, -0.25) is 4.90 Å². The van der Waals surface area contributed by atoms with Crippen LogP contribution >= 0.6 is 0 Å². The van der Waals surface area contributed by atoms with Gasteiger partial charge in [0.15, 0.2) is 11.5 Å². The van der Waals surface area contributed by atoms with E-state index in [1.165, 1.54) is 6.07 Å². The summed E-state index contributed by atoms with van der Waals surface area (Å²) >= 11 is 0. The fourth-order valence-corrected chi connectivity index (χ4v) is 4.16. The number of hydrogen-bond donors (Lipinski definition) is 1. The van der Waals surface area contributed by atoms with Gasteiger partial charge in [0.1, 0.15) is 6.10 Å². The number of benzene rings is 2. The summed E-state index contributed by atoms with van der Waals surface area (Å²) in [7, 11) is 0. The summed E-state index contributed by atoms with van der Waals surface area (Å²) in [5, 5.41) is 14.8. The lowest BCUT2D eigenvalue weighted by Gasteiger charge is -2.27. The Balaban J connectivity index is 1.41. The van der Waals surface area contributed by atoms with Crippen molar-refractivity contribution < 1.29 is 37.3 Å². The molecule has 0 saturated heterocycles. The van der Waals surface area contributed by atoms with Gasteiger partial charge >= 0.3 is 6.18 Å². The van der Waals surface area contributed by atoms with E-state index < -0.39 is 17.8 Å². The molecular weight excluding hydrogens is 477 g/mol. The fourth-order valence-electron chi connectivity index (χ4n) is 4.16. The van der Waals surface area contributed by atoms with Gasteiger partial charge in [-0.1, -0.05) is 37.2 Å². The number of oxime groups is 1. The van der Waals surface area contributed by atoms with Gasteiger partial charge in [-0.25, -0.2) is 0 Å². The Morgan fingerprint density at radius 1 is 1.11 bits per heavy atom. The van der Waals surface area contributed by atoms with E-state index in [2.05, 4.69) is 5.16 Å². The first-order valence-corrected chi connectivity index (χ1v) is 11.9. The SMILES string of the molecule is CC(C)COCC(O)CN(Cc1cccc(C(F)(F)F)c1)CC1CC(c2ccc3c(c2)OCO3)=NO1. The Kier molecular flexibility index (Phi) is 8.38. The number of rotatable bonds is 11. The highest BCUT2D eigenvalue weighted by Crippen LogP contribution is 2.34. The molecule has 2 atom stereocenters. The summed E-state index contributed by atoms with van der Waals surface area (Å²) in [5.74, 6) is 1.65. The first-order valence-electron chi connectivity index (χ1n) is 11.9. The van der Waals surface area contributed by atoms with Crippen molar-refractivity contribution in [3.05, 3.63) is 59.2 Å². The number of aliphatic hydroxyl groups excluding tert-OH is 1. The van der Waals surface area contributed by atoms with E-state index in [9.17, 15) is 18.3 Å². The molecule has 0 bridgehead atoms. The van der Waals surface area contributed by atoms with Crippen molar-refractivity contribution in [3.63, 3.8) is 0 Å². The van der Waals surface area contributed by atoms with Crippen LogP contribution < -0.4 is 9.47 Å². The molecule has 0 aliphatic carbocycles. The number of nitrogens with zero attached hydrogens (tertiary/aromatic N) is 2. The van der Waals surface area contributed by atoms with Crippen LogP contribution in [0.4, 0.5) is 13.2 Å². The van der Waals surface area contributed by atoms with Gasteiger partial charge in [0.25, 0.3) is 0 Å². The third-order valence-corrected chi connectivity index (χ3v) is 5.79. The van der Waals surface area contributed by atoms with E-state index in [1.807, 2.05) is 36.9 Å². The maximum Gasteiger partial charge on any atom is 0.416 e. The molecular formula is C26H31F3N2O5. The largest absolute Gasteiger partial charge is 0.454 e. The summed E-state index contributed by atoms with van der Waals surface area (Å²) in [4.78, 5) is 7.54. The van der Waals surface area contributed by atoms with E-state index in [1.54, 1.807) is 6.07 Å². The smallest absolute Gasteiger partial charge is 0.416 e. The third-order valence-electron chi connectivity index (χ3n) is 5.79. The number of alkyl halides is 3. The number of fused-ring (bicyclic) bond motifs is 1. The van der Waals surface area contributed by atoms with Gasteiger partial charge in [-0.15, -0.1) is 0 Å². The molecule has 0 amide bonds. The second kappa shape index (κ2) is 11.5. The Bertz CT molecular complexity index is 1060. The van der Waals surface area contributed by atoms with Crippen molar-refractivity contribution in [1.82, 2.24) is 4.90 Å². The van der Waals surface area contributed by atoms with Crippen LogP contribution in [0.5, 0.6) is 11.5 Å². The van der Waals surface area contributed by atoms with Gasteiger partial charge in [0, 0.05) is 38.2 Å². The van der Waals surface area contributed by atoms with Crippen LogP contribution in [0.25, 0.3) is 0 Å². The lowest BCUT2D eigenvalue weighted by molar-refractivity contribution is -0.137. The summed E-state index contributed by atoms with van der Waals surface area (Å²) in [6, 6.07) is 10.8. The molecule has 2 heterocycles. The molecule has 2 aromatic rings. The second-order valence-corrected chi connectivity index (χ2v) is 9.51. The van der Waals surface area contributed by atoms with E-state index >= 15 is 0 Å². The minimum absolute atomic E-state index is 0.141. The Morgan fingerprint density at radius 2 is 1.92 bits per heavy atom. The molecule has 0 aromatic heterocycles. The Hall–Kier alpha value is -2.82. The molecule has 10 heteroatoms. The van der Waals surface area contributed by atoms with E-state index in [4.69, 9.17) is 19.0 Å². The average Bonchev–Trinajstić information content (AvgIpc) is 3.47. The minimum atomic E-state index is -4.42. The number of aliphatic hydroxyl groups is 1. The number of hydrogen-bond acceptors (Lipinski definition) is 7. The highest BCUT2D eigenvalue weighted by atomic mass is 19.4. The van der Waals surface area contributed by atoms with E-state index in [0.29, 0.717) is 42.6 Å². The van der Waals surface area contributed by atoms with Crippen molar-refractivity contribution in [2.45, 2.75) is 45.2 Å². The zero-order valence-electron chi connectivity index (χ0n) is 20.3. The van der Waals surface area contributed by atoms with Crippen molar-refractivity contribution in [2.75, 3.05) is 33.1 Å². The summed E-state index contributed by atoms with van der Waals surface area (Å²) in [5.41, 5.74) is 1.40. The van der Waals surface area contributed by atoms with Crippen molar-refractivity contribution >= 4 is 5.71 Å². The van der Waals surface area contributed by atoms with Crippen LogP contribution in [0.2, 0.25) is 0 Å². The van der Waals surface area contributed by atoms with Gasteiger partial charge in [0.2, 0.25) is 6.79 Å².